The Morgan fingerprint density at radius 3 is 2.04 bits per heavy atom. The fourth-order valence-electron chi connectivity index (χ4n) is 5.39. The molecular weight excluding hydrogens is 370 g/mol. The van der Waals surface area contributed by atoms with E-state index < -0.39 is 21.5 Å². The summed E-state index contributed by atoms with van der Waals surface area (Å²) in [6.07, 6.45) is 10.7. The highest BCUT2D eigenvalue weighted by atomic mass is 28.2. The molecule has 2 saturated carbocycles. The van der Waals surface area contributed by atoms with E-state index in [1.807, 2.05) is 18.2 Å². The van der Waals surface area contributed by atoms with Gasteiger partial charge in [0.25, 0.3) is 0 Å². The van der Waals surface area contributed by atoms with Crippen LogP contribution >= 0.6 is 0 Å². The first-order valence-corrected chi connectivity index (χ1v) is 13.4. The van der Waals surface area contributed by atoms with Crippen molar-refractivity contribution in [2.75, 3.05) is 6.61 Å². The minimum Gasteiger partial charge on any atom is -0.490 e. The molecular formula is C24H38F2OSi. The zero-order valence-electron chi connectivity index (χ0n) is 17.5. The average Bonchev–Trinajstić information content (AvgIpc) is 2.77. The van der Waals surface area contributed by atoms with Crippen LogP contribution in [0.3, 0.4) is 0 Å². The molecule has 2 aliphatic rings. The summed E-state index contributed by atoms with van der Waals surface area (Å²) in [5.41, 5.74) is 0. The Morgan fingerprint density at radius 1 is 0.893 bits per heavy atom. The quantitative estimate of drug-likeness (QED) is 0.435. The lowest BCUT2D eigenvalue weighted by Gasteiger charge is -2.38. The normalized spacial score (nSPS) is 31.0. The van der Waals surface area contributed by atoms with E-state index in [4.69, 9.17) is 4.74 Å². The fraction of sp³-hybridized carbons (Fsp3) is 0.750. The van der Waals surface area contributed by atoms with Gasteiger partial charge in [-0.15, -0.1) is 0 Å². The van der Waals surface area contributed by atoms with Gasteiger partial charge in [-0.1, -0.05) is 63.3 Å². The van der Waals surface area contributed by atoms with Gasteiger partial charge in [0, 0.05) is 0 Å². The number of hydrogen-bond donors (Lipinski definition) is 0. The van der Waals surface area contributed by atoms with Gasteiger partial charge in [-0.25, -0.2) is 8.78 Å². The van der Waals surface area contributed by atoms with Gasteiger partial charge in [-0.2, -0.15) is 0 Å². The summed E-state index contributed by atoms with van der Waals surface area (Å²) in [7, 11) is -1.03. The van der Waals surface area contributed by atoms with Crippen molar-refractivity contribution < 1.29 is 13.5 Å². The van der Waals surface area contributed by atoms with E-state index in [-0.39, 0.29) is 6.61 Å². The lowest BCUT2D eigenvalue weighted by atomic mass is 9.69. The Kier molecular flexibility index (Phi) is 8.82. The van der Waals surface area contributed by atoms with Crippen LogP contribution in [0.4, 0.5) is 8.78 Å². The molecule has 1 aromatic rings. The smallest absolute Gasteiger partial charge is 0.161 e. The molecule has 1 nitrogen and oxygen atoms in total. The lowest BCUT2D eigenvalue weighted by Crippen LogP contribution is -2.31. The SMILES string of the molecule is CCC1CCC(C2CCC(C[SiH2]C(F)C(F)COc3ccccc3)CC2)CC1. The summed E-state index contributed by atoms with van der Waals surface area (Å²) in [6, 6.07) is 10.1. The maximum atomic E-state index is 14.3. The van der Waals surface area contributed by atoms with Crippen molar-refractivity contribution in [1.29, 1.82) is 0 Å². The van der Waals surface area contributed by atoms with Crippen molar-refractivity contribution in [2.45, 2.75) is 82.7 Å². The Bertz CT molecular complexity index is 539. The molecule has 2 aliphatic carbocycles. The number of halogens is 2. The molecule has 0 N–H and O–H groups in total. The third-order valence-corrected chi connectivity index (χ3v) is 9.64. The lowest BCUT2D eigenvalue weighted by molar-refractivity contribution is 0.142. The molecule has 0 amide bonds. The Hall–Kier alpha value is -0.903. The van der Waals surface area contributed by atoms with E-state index in [1.54, 1.807) is 12.1 Å². The molecule has 2 fully saturated rings. The molecule has 158 valence electrons. The maximum Gasteiger partial charge on any atom is 0.161 e. The summed E-state index contributed by atoms with van der Waals surface area (Å²) >= 11 is 0. The third-order valence-electron chi connectivity index (χ3n) is 7.42. The molecule has 2 unspecified atom stereocenters. The molecule has 0 aromatic heterocycles. The monoisotopic (exact) mass is 408 g/mol. The largest absolute Gasteiger partial charge is 0.490 e. The molecule has 28 heavy (non-hydrogen) atoms. The molecule has 0 spiro atoms. The number of alkyl halides is 2. The molecule has 1 aromatic carbocycles. The van der Waals surface area contributed by atoms with Crippen LogP contribution in [0.15, 0.2) is 30.3 Å². The Balaban J connectivity index is 1.30. The Morgan fingerprint density at radius 2 is 1.46 bits per heavy atom. The second-order valence-corrected chi connectivity index (χ2v) is 11.1. The first-order valence-electron chi connectivity index (χ1n) is 11.6. The van der Waals surface area contributed by atoms with E-state index in [1.165, 1.54) is 57.8 Å². The molecule has 3 rings (SSSR count). The van der Waals surface area contributed by atoms with Crippen LogP contribution < -0.4 is 4.74 Å². The number of para-hydroxylation sites is 1. The highest BCUT2D eigenvalue weighted by Gasteiger charge is 2.31. The zero-order valence-corrected chi connectivity index (χ0v) is 18.9. The summed E-state index contributed by atoms with van der Waals surface area (Å²) in [6.45, 7) is 2.17. The van der Waals surface area contributed by atoms with E-state index in [0.29, 0.717) is 11.7 Å². The van der Waals surface area contributed by atoms with Crippen LogP contribution in [0.25, 0.3) is 0 Å². The van der Waals surface area contributed by atoms with Crippen LogP contribution in [0.5, 0.6) is 5.75 Å². The molecule has 0 radical (unpaired) electrons. The third kappa shape index (κ3) is 6.57. The Labute approximate surface area is 172 Å². The van der Waals surface area contributed by atoms with Gasteiger partial charge in [0.1, 0.15) is 18.2 Å². The highest BCUT2D eigenvalue weighted by Crippen LogP contribution is 2.42. The van der Waals surface area contributed by atoms with Crippen molar-refractivity contribution in [3.8, 4) is 5.75 Å². The molecule has 0 heterocycles. The predicted molar refractivity (Wildman–Crippen MR) is 116 cm³/mol. The summed E-state index contributed by atoms with van der Waals surface area (Å²) in [4.78, 5) is 0. The summed E-state index contributed by atoms with van der Waals surface area (Å²) < 4.78 is 33.8. The molecule has 4 heteroatoms. The second kappa shape index (κ2) is 11.3. The van der Waals surface area contributed by atoms with Crippen molar-refractivity contribution in [1.82, 2.24) is 0 Å². The van der Waals surface area contributed by atoms with Crippen LogP contribution in [-0.2, 0) is 0 Å². The van der Waals surface area contributed by atoms with Gasteiger partial charge in [0.2, 0.25) is 0 Å². The zero-order chi connectivity index (χ0) is 19.8. The van der Waals surface area contributed by atoms with Crippen molar-refractivity contribution in [3.05, 3.63) is 30.3 Å². The highest BCUT2D eigenvalue weighted by molar-refractivity contribution is 6.37. The maximum absolute atomic E-state index is 14.3. The fourth-order valence-corrected chi connectivity index (χ4v) is 7.25. The van der Waals surface area contributed by atoms with Crippen LogP contribution in [-0.4, -0.2) is 28.1 Å². The van der Waals surface area contributed by atoms with E-state index in [9.17, 15) is 8.78 Å². The molecule has 0 bridgehead atoms. The second-order valence-electron chi connectivity index (χ2n) is 9.20. The predicted octanol–water partition coefficient (Wildman–Crippen LogP) is 6.31. The average molecular weight is 409 g/mol. The topological polar surface area (TPSA) is 9.23 Å². The first kappa shape index (κ1) is 21.8. The number of rotatable bonds is 9. The number of hydrogen-bond acceptors (Lipinski definition) is 1. The van der Waals surface area contributed by atoms with Gasteiger partial charge in [-0.05, 0) is 61.5 Å². The standard InChI is InChI=1S/C24H38F2OSi/c1-2-18-8-12-20(13-9-18)21-14-10-19(11-15-21)17-28-24(26)23(25)16-27-22-6-4-3-5-7-22/h3-7,18-21,23-24H,2,8-17,28H2,1H3. The molecule has 2 atom stereocenters. The van der Waals surface area contributed by atoms with Gasteiger partial charge in [0.05, 0.1) is 9.52 Å². The van der Waals surface area contributed by atoms with Gasteiger partial charge in [-0.3, -0.25) is 0 Å². The van der Waals surface area contributed by atoms with Crippen LogP contribution in [0, 0.1) is 23.7 Å². The van der Waals surface area contributed by atoms with E-state index in [0.717, 1.165) is 23.8 Å². The first-order chi connectivity index (χ1) is 13.7. The molecule has 0 aliphatic heterocycles. The number of benzene rings is 1. The minimum atomic E-state index is -1.48. The molecule has 0 saturated heterocycles. The van der Waals surface area contributed by atoms with Gasteiger partial charge in [0.15, 0.2) is 6.17 Å². The van der Waals surface area contributed by atoms with Crippen molar-refractivity contribution in [2.24, 2.45) is 23.7 Å². The van der Waals surface area contributed by atoms with Crippen molar-refractivity contribution >= 4 is 9.52 Å². The van der Waals surface area contributed by atoms with Crippen molar-refractivity contribution in [3.63, 3.8) is 0 Å². The minimum absolute atomic E-state index is 0.161. The van der Waals surface area contributed by atoms with Gasteiger partial charge < -0.3 is 4.74 Å². The van der Waals surface area contributed by atoms with E-state index >= 15 is 0 Å². The van der Waals surface area contributed by atoms with E-state index in [2.05, 4.69) is 6.92 Å². The van der Waals surface area contributed by atoms with Crippen LogP contribution in [0.2, 0.25) is 6.04 Å². The summed E-state index contributed by atoms with van der Waals surface area (Å²) in [5.74, 6) is 2.82. The number of ether oxygens (including phenoxy) is 1. The van der Waals surface area contributed by atoms with Gasteiger partial charge >= 0.3 is 0 Å². The summed E-state index contributed by atoms with van der Waals surface area (Å²) in [5, 5.41) is 0. The van der Waals surface area contributed by atoms with Crippen LogP contribution in [0.1, 0.15) is 64.7 Å².